The third-order valence-electron chi connectivity index (χ3n) is 8.53. The first-order chi connectivity index (χ1) is 23.0. The van der Waals surface area contributed by atoms with Crippen LogP contribution in [0.25, 0.3) is 0 Å². The summed E-state index contributed by atoms with van der Waals surface area (Å²) in [4.78, 5) is 30.4. The molecule has 0 aromatic heterocycles. The number of nitrogens with one attached hydrogen (secondary N) is 1. The smallest absolute Gasteiger partial charge is 0.264 e. The average Bonchev–Trinajstić information content (AvgIpc) is 3.07. The molecule has 0 radical (unpaired) electrons. The van der Waals surface area contributed by atoms with E-state index in [0.29, 0.717) is 26.3 Å². The van der Waals surface area contributed by atoms with E-state index in [4.69, 9.17) is 34.8 Å². The second kappa shape index (κ2) is 16.2. The standard InChI is InChI=1S/C37H38Cl3N3O4S/c1-26-9-8-14-31(21-26)43(48(46,47)32-18-16-29(38)17-19-32)25-36(44)42(24-28-15-20-33(39)34(40)22-28)35(23-27-10-4-2-5-11-27)37(45)41-30-12-6-3-7-13-30/h2,4-5,8-11,14-22,30,35H,3,6-7,12-13,23-25H2,1H3,(H,41,45)/t35-/m0/s1. The van der Waals surface area contributed by atoms with Crippen LogP contribution in [0.15, 0.2) is 102 Å². The van der Waals surface area contributed by atoms with Gasteiger partial charge in [-0.05, 0) is 85.0 Å². The van der Waals surface area contributed by atoms with Crippen molar-refractivity contribution in [2.45, 2.75) is 69.0 Å². The number of halogens is 3. The van der Waals surface area contributed by atoms with Crippen LogP contribution < -0.4 is 9.62 Å². The fourth-order valence-corrected chi connectivity index (χ4v) is 7.83. The molecular weight excluding hydrogens is 689 g/mol. The Balaban J connectivity index is 1.57. The number of hydrogen-bond donors (Lipinski definition) is 1. The van der Waals surface area contributed by atoms with E-state index in [1.165, 1.54) is 29.2 Å². The maximum Gasteiger partial charge on any atom is 0.264 e. The van der Waals surface area contributed by atoms with Crippen LogP contribution in [0.5, 0.6) is 0 Å². The van der Waals surface area contributed by atoms with Gasteiger partial charge >= 0.3 is 0 Å². The molecule has 1 atom stereocenters. The Morgan fingerprint density at radius 2 is 1.52 bits per heavy atom. The lowest BCUT2D eigenvalue weighted by Gasteiger charge is -2.35. The SMILES string of the molecule is Cc1cccc(N(CC(=O)N(Cc2ccc(Cl)c(Cl)c2)[C@@H](Cc2ccccc2)C(=O)NC2CCCCC2)S(=O)(=O)c2ccc(Cl)cc2)c1. The van der Waals surface area contributed by atoms with E-state index in [1.54, 1.807) is 36.4 Å². The number of carbonyl (C=O) groups excluding carboxylic acids is 2. The Kier molecular flexibility index (Phi) is 12.1. The quantitative estimate of drug-likeness (QED) is 0.159. The molecule has 1 saturated carbocycles. The molecule has 252 valence electrons. The fourth-order valence-electron chi connectivity index (χ4n) is 5.98. The van der Waals surface area contributed by atoms with Crippen molar-refractivity contribution >= 4 is 62.3 Å². The number of carbonyl (C=O) groups is 2. The van der Waals surface area contributed by atoms with E-state index in [2.05, 4.69) is 5.32 Å². The maximum absolute atomic E-state index is 14.7. The minimum atomic E-state index is -4.24. The van der Waals surface area contributed by atoms with Crippen molar-refractivity contribution in [1.29, 1.82) is 0 Å². The Morgan fingerprint density at radius 1 is 0.812 bits per heavy atom. The van der Waals surface area contributed by atoms with Crippen molar-refractivity contribution in [3.8, 4) is 0 Å². The average molecular weight is 727 g/mol. The molecule has 11 heteroatoms. The van der Waals surface area contributed by atoms with Gasteiger partial charge in [-0.25, -0.2) is 8.42 Å². The first kappa shape index (κ1) is 35.7. The molecule has 7 nitrogen and oxygen atoms in total. The highest BCUT2D eigenvalue weighted by atomic mass is 35.5. The molecular formula is C37H38Cl3N3O4S. The Labute approximate surface area is 297 Å². The van der Waals surface area contributed by atoms with Gasteiger partial charge in [0.2, 0.25) is 11.8 Å². The number of aryl methyl sites for hydroxylation is 1. The van der Waals surface area contributed by atoms with Crippen LogP contribution in [0, 0.1) is 6.92 Å². The number of hydrogen-bond acceptors (Lipinski definition) is 4. The summed E-state index contributed by atoms with van der Waals surface area (Å²) in [6.07, 6.45) is 5.12. The van der Waals surface area contributed by atoms with Crippen molar-refractivity contribution < 1.29 is 18.0 Å². The number of sulfonamides is 1. The van der Waals surface area contributed by atoms with Crippen molar-refractivity contribution in [3.05, 3.63) is 129 Å². The normalized spacial score (nSPS) is 14.2. The summed E-state index contributed by atoms with van der Waals surface area (Å²) in [5, 5.41) is 4.25. The van der Waals surface area contributed by atoms with Gasteiger partial charge in [0.1, 0.15) is 12.6 Å². The van der Waals surface area contributed by atoms with Crippen LogP contribution in [0.2, 0.25) is 15.1 Å². The predicted octanol–water partition coefficient (Wildman–Crippen LogP) is 8.24. The third kappa shape index (κ3) is 9.11. The minimum Gasteiger partial charge on any atom is -0.352 e. The maximum atomic E-state index is 14.7. The van der Waals surface area contributed by atoms with Crippen molar-refractivity contribution in [2.24, 2.45) is 0 Å². The zero-order valence-corrected chi connectivity index (χ0v) is 29.7. The van der Waals surface area contributed by atoms with E-state index >= 15 is 0 Å². The second-order valence-electron chi connectivity index (χ2n) is 12.1. The molecule has 4 aromatic carbocycles. The zero-order valence-electron chi connectivity index (χ0n) is 26.6. The van der Waals surface area contributed by atoms with Crippen LogP contribution in [-0.2, 0) is 32.6 Å². The predicted molar refractivity (Wildman–Crippen MR) is 193 cm³/mol. The first-order valence-corrected chi connectivity index (χ1v) is 18.5. The molecule has 4 aromatic rings. The molecule has 0 bridgehead atoms. The summed E-state index contributed by atoms with van der Waals surface area (Å²) in [5.74, 6) is -0.846. The number of rotatable bonds is 12. The van der Waals surface area contributed by atoms with Gasteiger partial charge in [0.15, 0.2) is 0 Å². The van der Waals surface area contributed by atoms with Gasteiger partial charge in [0.25, 0.3) is 10.0 Å². The Morgan fingerprint density at radius 3 is 2.19 bits per heavy atom. The molecule has 5 rings (SSSR count). The van der Waals surface area contributed by atoms with Gasteiger partial charge in [0, 0.05) is 24.0 Å². The van der Waals surface area contributed by atoms with E-state index in [9.17, 15) is 18.0 Å². The monoisotopic (exact) mass is 725 g/mol. The summed E-state index contributed by atoms with van der Waals surface area (Å²) < 4.78 is 29.5. The first-order valence-electron chi connectivity index (χ1n) is 15.9. The van der Waals surface area contributed by atoms with Gasteiger partial charge < -0.3 is 10.2 Å². The van der Waals surface area contributed by atoms with Crippen LogP contribution >= 0.6 is 34.8 Å². The number of amides is 2. The summed E-state index contributed by atoms with van der Waals surface area (Å²) >= 11 is 18.7. The number of benzene rings is 4. The van der Waals surface area contributed by atoms with Crippen LogP contribution in [0.3, 0.4) is 0 Å². The molecule has 1 aliphatic carbocycles. The molecule has 0 unspecified atom stereocenters. The molecule has 0 saturated heterocycles. The van der Waals surface area contributed by atoms with E-state index < -0.39 is 28.5 Å². The van der Waals surface area contributed by atoms with Crippen molar-refractivity contribution in [2.75, 3.05) is 10.8 Å². The van der Waals surface area contributed by atoms with E-state index in [1.807, 2.05) is 43.3 Å². The molecule has 1 N–H and O–H groups in total. The highest BCUT2D eigenvalue weighted by Gasteiger charge is 2.35. The molecule has 48 heavy (non-hydrogen) atoms. The highest BCUT2D eigenvalue weighted by molar-refractivity contribution is 7.92. The van der Waals surface area contributed by atoms with Crippen molar-refractivity contribution in [1.82, 2.24) is 10.2 Å². The van der Waals surface area contributed by atoms with Crippen LogP contribution in [0.4, 0.5) is 5.69 Å². The topological polar surface area (TPSA) is 86.8 Å². The summed E-state index contributed by atoms with van der Waals surface area (Å²) in [6, 6.07) is 26.3. The molecule has 0 spiro atoms. The highest BCUT2D eigenvalue weighted by Crippen LogP contribution is 2.28. The minimum absolute atomic E-state index is 0.000488. The summed E-state index contributed by atoms with van der Waals surface area (Å²) in [7, 11) is -4.24. The zero-order chi connectivity index (χ0) is 34.3. The van der Waals surface area contributed by atoms with Crippen molar-refractivity contribution in [3.63, 3.8) is 0 Å². The van der Waals surface area contributed by atoms with E-state index in [0.717, 1.165) is 47.5 Å². The summed E-state index contributed by atoms with van der Waals surface area (Å²) in [5.41, 5.74) is 2.64. The molecule has 1 aliphatic rings. The lowest BCUT2D eigenvalue weighted by atomic mass is 9.94. The molecule has 0 heterocycles. The second-order valence-corrected chi connectivity index (χ2v) is 15.2. The van der Waals surface area contributed by atoms with Crippen LogP contribution in [0.1, 0.15) is 48.8 Å². The molecule has 0 aliphatic heterocycles. The lowest BCUT2D eigenvalue weighted by Crippen LogP contribution is -2.55. The molecule has 2 amide bonds. The Bertz CT molecular complexity index is 1830. The van der Waals surface area contributed by atoms with Gasteiger partial charge in [0.05, 0.1) is 20.6 Å². The van der Waals surface area contributed by atoms with Crippen LogP contribution in [-0.4, -0.2) is 43.8 Å². The third-order valence-corrected chi connectivity index (χ3v) is 11.3. The van der Waals surface area contributed by atoms with Gasteiger partial charge in [-0.1, -0.05) is 103 Å². The number of anilines is 1. The van der Waals surface area contributed by atoms with Gasteiger partial charge in [-0.15, -0.1) is 0 Å². The van der Waals surface area contributed by atoms with Gasteiger partial charge in [-0.3, -0.25) is 13.9 Å². The molecule has 1 fully saturated rings. The number of nitrogens with zero attached hydrogens (tertiary/aromatic N) is 2. The van der Waals surface area contributed by atoms with Gasteiger partial charge in [-0.2, -0.15) is 0 Å². The van der Waals surface area contributed by atoms with E-state index in [-0.39, 0.29) is 29.8 Å². The lowest BCUT2D eigenvalue weighted by molar-refractivity contribution is -0.140. The summed E-state index contributed by atoms with van der Waals surface area (Å²) in [6.45, 7) is 1.28. The fraction of sp³-hybridized carbons (Fsp3) is 0.297. The largest absolute Gasteiger partial charge is 0.352 e. The Hall–Kier alpha value is -3.56.